The van der Waals surface area contributed by atoms with Gasteiger partial charge in [-0.05, 0) is 34.6 Å². The molecule has 0 aliphatic heterocycles. The quantitative estimate of drug-likeness (QED) is 0.715. The number of carbonyl (C=O) groups excluding carboxylic acids is 1. The number of hydrogen-bond acceptors (Lipinski definition) is 3. The lowest BCUT2D eigenvalue weighted by atomic mass is 9.79. The van der Waals surface area contributed by atoms with E-state index in [1.165, 1.54) is 0 Å². The van der Waals surface area contributed by atoms with Crippen LogP contribution in [0.3, 0.4) is 0 Å². The van der Waals surface area contributed by atoms with E-state index < -0.39 is 7.12 Å². The molecule has 3 rings (SSSR count). The van der Waals surface area contributed by atoms with Crippen molar-refractivity contribution in [3.63, 3.8) is 0 Å². The number of hydrogen-bond donors (Lipinski definition) is 2. The predicted molar refractivity (Wildman–Crippen MR) is 92.6 cm³/mol. The van der Waals surface area contributed by atoms with E-state index in [0.29, 0.717) is 16.6 Å². The van der Waals surface area contributed by atoms with Gasteiger partial charge in [0.05, 0.1) is 0 Å². The lowest BCUT2D eigenvalue weighted by Crippen LogP contribution is -2.29. The minimum Gasteiger partial charge on any atom is -0.423 e. The maximum Gasteiger partial charge on any atom is 0.488 e. The lowest BCUT2D eigenvalue weighted by Gasteiger charge is -2.04. The van der Waals surface area contributed by atoms with Gasteiger partial charge in [-0.15, -0.1) is 0 Å². The van der Waals surface area contributed by atoms with E-state index in [-0.39, 0.29) is 13.2 Å². The minimum absolute atomic E-state index is 0. The van der Waals surface area contributed by atoms with Gasteiger partial charge in [-0.2, -0.15) is 0 Å². The predicted octanol–water partition coefficient (Wildman–Crippen LogP) is 2.80. The van der Waals surface area contributed by atoms with Gasteiger partial charge in [0.25, 0.3) is 0 Å². The highest BCUT2D eigenvalue weighted by Gasteiger charge is 2.28. The Bertz CT molecular complexity index is 678. The molecule has 0 aromatic heterocycles. The van der Waals surface area contributed by atoms with Gasteiger partial charge >= 0.3 is 7.12 Å². The van der Waals surface area contributed by atoms with Gasteiger partial charge in [-0.3, -0.25) is 4.79 Å². The van der Waals surface area contributed by atoms with Crippen molar-refractivity contribution in [1.29, 1.82) is 0 Å². The molecule has 3 nitrogen and oxygen atoms in total. The second-order valence-corrected chi connectivity index (χ2v) is 4.74. The third-order valence-electron chi connectivity index (χ3n) is 3.61. The van der Waals surface area contributed by atoms with Crippen molar-refractivity contribution in [2.45, 2.75) is 34.6 Å². The highest BCUT2D eigenvalue weighted by Crippen LogP contribution is 2.36. The number of rotatable bonds is 2. The lowest BCUT2D eigenvalue weighted by molar-refractivity contribution is 0.104. The van der Waals surface area contributed by atoms with Gasteiger partial charge in [0.15, 0.2) is 5.78 Å². The molecule has 1 aliphatic carbocycles. The summed E-state index contributed by atoms with van der Waals surface area (Å²) < 4.78 is 0. The second kappa shape index (κ2) is 7.39. The first-order valence-electron chi connectivity index (χ1n) is 7.30. The Morgan fingerprint density at radius 2 is 1.55 bits per heavy atom. The Hall–Kier alpha value is -1.91. The van der Waals surface area contributed by atoms with Gasteiger partial charge in [0.1, 0.15) is 0 Å². The monoisotopic (exact) mass is 298 g/mol. The molecule has 2 N–H and O–H groups in total. The zero-order valence-corrected chi connectivity index (χ0v) is 12.6. The molecule has 1 aliphatic rings. The Morgan fingerprint density at radius 3 is 2.14 bits per heavy atom. The Morgan fingerprint density at radius 1 is 0.909 bits per heavy atom. The molecule has 22 heavy (non-hydrogen) atoms. The number of ketones is 1. The zero-order valence-electron chi connectivity index (χ0n) is 12.6. The van der Waals surface area contributed by atoms with Crippen LogP contribution in [0.1, 0.15) is 49.7 Å². The van der Waals surface area contributed by atoms with Gasteiger partial charge in [0, 0.05) is 11.1 Å². The van der Waals surface area contributed by atoms with Crippen molar-refractivity contribution in [1.82, 2.24) is 0 Å². The molecule has 4 heteroatoms. The number of benzene rings is 2. The smallest absolute Gasteiger partial charge is 0.423 e. The fourth-order valence-electron chi connectivity index (χ4n) is 2.52. The Balaban J connectivity index is 0.000000775. The molecule has 0 fully saturated rings. The average Bonchev–Trinajstić information content (AvgIpc) is 2.81. The molecule has 0 bridgehead atoms. The molecular formula is C18H23BO3. The Labute approximate surface area is 132 Å². The summed E-state index contributed by atoms with van der Waals surface area (Å²) in [6, 6.07) is 10.8. The zero-order chi connectivity index (χ0) is 15.6. The van der Waals surface area contributed by atoms with Crippen molar-refractivity contribution < 1.29 is 14.8 Å². The van der Waals surface area contributed by atoms with Gasteiger partial charge in [-0.25, -0.2) is 0 Å². The van der Waals surface area contributed by atoms with Crippen LogP contribution in [-0.4, -0.2) is 22.9 Å². The summed E-state index contributed by atoms with van der Waals surface area (Å²) in [6.07, 6.45) is 0.886. The van der Waals surface area contributed by atoms with Crippen LogP contribution in [0.5, 0.6) is 0 Å². The molecule has 0 unspecified atom stereocenters. The highest BCUT2D eigenvalue weighted by molar-refractivity contribution is 6.58. The molecule has 0 amide bonds. The van der Waals surface area contributed by atoms with Crippen LogP contribution in [0.2, 0.25) is 0 Å². The maximum absolute atomic E-state index is 12.3. The number of carbonyl (C=O) groups is 1. The van der Waals surface area contributed by atoms with Crippen LogP contribution in [0.25, 0.3) is 11.1 Å². The fourth-order valence-corrected chi connectivity index (χ4v) is 2.52. The summed E-state index contributed by atoms with van der Waals surface area (Å²) in [5.41, 5.74) is 4.53. The third kappa shape index (κ3) is 2.98. The summed E-state index contributed by atoms with van der Waals surface area (Å²) in [4.78, 5) is 12.3. The van der Waals surface area contributed by atoms with Gasteiger partial charge in [0.2, 0.25) is 0 Å². The molecule has 0 spiro atoms. The van der Waals surface area contributed by atoms with E-state index in [9.17, 15) is 14.8 Å². The van der Waals surface area contributed by atoms with Crippen LogP contribution in [0.15, 0.2) is 36.4 Å². The van der Waals surface area contributed by atoms with Crippen LogP contribution in [0.4, 0.5) is 0 Å². The normalized spacial score (nSPS) is 10.9. The molecule has 0 radical (unpaired) electrons. The van der Waals surface area contributed by atoms with E-state index >= 15 is 0 Å². The van der Waals surface area contributed by atoms with Crippen LogP contribution in [-0.2, 0) is 6.42 Å². The summed E-state index contributed by atoms with van der Waals surface area (Å²) in [5, 5.41) is 18.4. The molecule has 0 saturated carbocycles. The summed E-state index contributed by atoms with van der Waals surface area (Å²) in [6.45, 7) is 6.05. The first kappa shape index (κ1) is 18.1. The molecule has 116 valence electrons. The van der Waals surface area contributed by atoms with E-state index in [1.807, 2.05) is 32.0 Å². The van der Waals surface area contributed by atoms with Crippen LogP contribution < -0.4 is 5.46 Å². The van der Waals surface area contributed by atoms with E-state index in [1.54, 1.807) is 18.2 Å². The minimum atomic E-state index is -1.51. The Kier molecular flexibility index (Phi) is 6.09. The second-order valence-electron chi connectivity index (χ2n) is 4.74. The number of aryl methyl sites for hydroxylation is 1. The largest absolute Gasteiger partial charge is 0.488 e. The maximum atomic E-state index is 12.3. The first-order valence-corrected chi connectivity index (χ1v) is 7.30. The van der Waals surface area contributed by atoms with Crippen molar-refractivity contribution in [2.75, 3.05) is 0 Å². The van der Waals surface area contributed by atoms with E-state index in [2.05, 4.69) is 6.92 Å². The molecule has 0 saturated heterocycles. The highest BCUT2D eigenvalue weighted by atomic mass is 16.4. The molecule has 0 atom stereocenters. The first-order chi connectivity index (χ1) is 10.1. The van der Waals surface area contributed by atoms with Crippen molar-refractivity contribution in [2.24, 2.45) is 0 Å². The van der Waals surface area contributed by atoms with E-state index in [4.69, 9.17) is 0 Å². The third-order valence-corrected chi connectivity index (χ3v) is 3.61. The summed E-state index contributed by atoms with van der Waals surface area (Å²) in [7, 11) is -1.51. The topological polar surface area (TPSA) is 57.5 Å². The molecule has 0 heterocycles. The standard InChI is InChI=1S/C15H13BO3.C2H6.CH4/c1-2-9-3-5-11-13-8-10(16(18)19)4-6-12(13)15(17)14(11)7-9;1-2;/h3-8,18-19H,2H2,1H3;1-2H3;1H4. The van der Waals surface area contributed by atoms with Crippen molar-refractivity contribution in [3.05, 3.63) is 53.1 Å². The summed E-state index contributed by atoms with van der Waals surface area (Å²) in [5.74, 6) is 0.0132. The molecular weight excluding hydrogens is 275 g/mol. The van der Waals surface area contributed by atoms with Crippen LogP contribution >= 0.6 is 0 Å². The molecule has 2 aromatic rings. The van der Waals surface area contributed by atoms with E-state index in [0.717, 1.165) is 23.1 Å². The van der Waals surface area contributed by atoms with Gasteiger partial charge in [-0.1, -0.05) is 58.5 Å². The van der Waals surface area contributed by atoms with Crippen LogP contribution in [0, 0.1) is 0 Å². The summed E-state index contributed by atoms with van der Waals surface area (Å²) >= 11 is 0. The molecule has 2 aromatic carbocycles. The van der Waals surface area contributed by atoms with Crippen molar-refractivity contribution >= 4 is 18.4 Å². The number of fused-ring (bicyclic) bond motifs is 3. The van der Waals surface area contributed by atoms with Crippen molar-refractivity contribution in [3.8, 4) is 11.1 Å². The van der Waals surface area contributed by atoms with Gasteiger partial charge < -0.3 is 10.0 Å². The fraction of sp³-hybridized carbons (Fsp3) is 0.278. The SMILES string of the molecule is C.CC.CCc1ccc2c(c1)C(=O)c1ccc(B(O)O)cc1-2. The average molecular weight is 298 g/mol.